The highest BCUT2D eigenvalue weighted by Gasteiger charge is 2.21. The van der Waals surface area contributed by atoms with Gasteiger partial charge in [-0.25, -0.2) is 13.1 Å². The molecule has 3 aromatic rings. The monoisotopic (exact) mass is 415 g/mol. The highest BCUT2D eigenvalue weighted by atomic mass is 32.2. The molecule has 0 spiro atoms. The van der Waals surface area contributed by atoms with Gasteiger partial charge in [0.2, 0.25) is 0 Å². The molecule has 0 amide bonds. The molecule has 0 radical (unpaired) electrons. The van der Waals surface area contributed by atoms with Crippen LogP contribution in [-0.4, -0.2) is 36.4 Å². The Bertz CT molecular complexity index is 1170. The van der Waals surface area contributed by atoms with Crippen molar-refractivity contribution in [2.75, 3.05) is 11.8 Å². The highest BCUT2D eigenvalue weighted by Crippen LogP contribution is 2.28. The molecule has 0 bridgehead atoms. The van der Waals surface area contributed by atoms with Crippen LogP contribution in [0.1, 0.15) is 17.0 Å². The van der Waals surface area contributed by atoms with Crippen molar-refractivity contribution in [1.29, 1.82) is 0 Å². The van der Waals surface area contributed by atoms with E-state index in [1.807, 2.05) is 26.0 Å². The van der Waals surface area contributed by atoms with Gasteiger partial charge in [0.25, 0.3) is 10.0 Å². The fraction of sp³-hybridized carbons (Fsp3) is 0.200. The van der Waals surface area contributed by atoms with Crippen molar-refractivity contribution in [3.63, 3.8) is 0 Å². The van der Waals surface area contributed by atoms with Gasteiger partial charge in [-0.2, -0.15) is 5.10 Å². The molecule has 2 N–H and O–H groups in total. The van der Waals surface area contributed by atoms with Crippen LogP contribution in [0.15, 0.2) is 53.4 Å². The average molecular weight is 415 g/mol. The number of hydrogen-bond donors (Lipinski definition) is 2. The lowest BCUT2D eigenvalue weighted by Gasteiger charge is -2.14. The zero-order chi connectivity index (χ0) is 21.2. The van der Waals surface area contributed by atoms with Crippen LogP contribution in [0.3, 0.4) is 0 Å². The second-order valence-corrected chi connectivity index (χ2v) is 8.20. The Morgan fingerprint density at radius 3 is 2.55 bits per heavy atom. The van der Waals surface area contributed by atoms with Crippen molar-refractivity contribution < 1.29 is 23.1 Å². The third-order valence-corrected chi connectivity index (χ3v) is 5.63. The van der Waals surface area contributed by atoms with Gasteiger partial charge in [-0.05, 0) is 55.8 Å². The summed E-state index contributed by atoms with van der Waals surface area (Å²) >= 11 is 0. The quantitative estimate of drug-likeness (QED) is 0.614. The van der Waals surface area contributed by atoms with Crippen LogP contribution in [-0.2, 0) is 21.2 Å². The fourth-order valence-corrected chi connectivity index (χ4v) is 4.29. The second kappa shape index (κ2) is 7.96. The van der Waals surface area contributed by atoms with Crippen molar-refractivity contribution in [3.8, 4) is 11.4 Å². The van der Waals surface area contributed by atoms with Gasteiger partial charge < -0.3 is 9.84 Å². The molecule has 8 nitrogen and oxygen atoms in total. The van der Waals surface area contributed by atoms with E-state index in [-0.39, 0.29) is 17.1 Å². The van der Waals surface area contributed by atoms with Crippen LogP contribution < -0.4 is 9.46 Å². The van der Waals surface area contributed by atoms with E-state index in [4.69, 9.17) is 9.84 Å². The number of ether oxygens (including phenoxy) is 1. The zero-order valence-corrected chi connectivity index (χ0v) is 17.0. The maximum atomic E-state index is 13.0. The minimum Gasteiger partial charge on any atom is -0.495 e. The van der Waals surface area contributed by atoms with Crippen molar-refractivity contribution in [1.82, 2.24) is 9.78 Å². The Morgan fingerprint density at radius 1 is 1.17 bits per heavy atom. The summed E-state index contributed by atoms with van der Waals surface area (Å²) in [6.45, 7) is 3.79. The van der Waals surface area contributed by atoms with E-state index < -0.39 is 16.0 Å². The molecule has 0 saturated carbocycles. The predicted octanol–water partition coefficient (Wildman–Crippen LogP) is 2.93. The third kappa shape index (κ3) is 4.57. The number of methoxy groups -OCH3 is 1. The molecule has 0 fully saturated rings. The van der Waals surface area contributed by atoms with Crippen LogP contribution in [0.4, 0.5) is 5.69 Å². The Hall–Kier alpha value is -3.33. The molecule has 29 heavy (non-hydrogen) atoms. The van der Waals surface area contributed by atoms with Crippen molar-refractivity contribution >= 4 is 21.7 Å². The summed E-state index contributed by atoms with van der Waals surface area (Å²) in [5.74, 6) is -0.926. The van der Waals surface area contributed by atoms with E-state index in [0.29, 0.717) is 16.9 Å². The molecular weight excluding hydrogens is 394 g/mol. The van der Waals surface area contributed by atoms with E-state index in [0.717, 1.165) is 11.4 Å². The van der Waals surface area contributed by atoms with Crippen LogP contribution in [0, 0.1) is 13.8 Å². The van der Waals surface area contributed by atoms with E-state index in [1.165, 1.54) is 25.3 Å². The summed E-state index contributed by atoms with van der Waals surface area (Å²) in [7, 11) is -2.66. The van der Waals surface area contributed by atoms with E-state index >= 15 is 0 Å². The Labute approximate surface area is 168 Å². The number of carbonyl (C=O) groups is 1. The number of nitrogens with one attached hydrogen (secondary N) is 1. The number of rotatable bonds is 7. The number of aliphatic carboxylic acids is 1. The van der Waals surface area contributed by atoms with Crippen LogP contribution in [0.25, 0.3) is 5.69 Å². The van der Waals surface area contributed by atoms with Gasteiger partial charge in [-0.3, -0.25) is 9.52 Å². The lowest BCUT2D eigenvalue weighted by molar-refractivity contribution is -0.136. The smallest absolute Gasteiger partial charge is 0.307 e. The summed E-state index contributed by atoms with van der Waals surface area (Å²) in [5, 5.41) is 13.4. The largest absolute Gasteiger partial charge is 0.495 e. The number of anilines is 1. The van der Waals surface area contributed by atoms with Gasteiger partial charge in [0, 0.05) is 5.69 Å². The minimum absolute atomic E-state index is 0.126. The number of carboxylic acids is 1. The number of benzene rings is 2. The number of nitrogens with zero attached hydrogens (tertiary/aromatic N) is 2. The lowest BCUT2D eigenvalue weighted by Crippen LogP contribution is -2.15. The topological polar surface area (TPSA) is 111 Å². The summed E-state index contributed by atoms with van der Waals surface area (Å²) in [6.07, 6.45) is -0.292. The SMILES string of the molecule is COc1ccc(CC(=O)O)cc1S(=O)(=O)Nc1cccc(-n2nc(C)cc2C)c1. The van der Waals surface area contributed by atoms with Crippen molar-refractivity contribution in [2.24, 2.45) is 0 Å². The lowest BCUT2D eigenvalue weighted by atomic mass is 10.1. The summed E-state index contributed by atoms with van der Waals surface area (Å²) in [5.41, 5.74) is 3.19. The van der Waals surface area contributed by atoms with Gasteiger partial charge in [0.15, 0.2) is 0 Å². The number of sulfonamides is 1. The first-order chi connectivity index (χ1) is 13.7. The van der Waals surface area contributed by atoms with Gasteiger partial charge in [0.1, 0.15) is 10.6 Å². The van der Waals surface area contributed by atoms with E-state index in [1.54, 1.807) is 22.9 Å². The molecule has 0 aliphatic rings. The highest BCUT2D eigenvalue weighted by molar-refractivity contribution is 7.92. The average Bonchev–Trinajstić information content (AvgIpc) is 2.99. The van der Waals surface area contributed by atoms with Gasteiger partial charge in [-0.1, -0.05) is 12.1 Å². The Kier molecular flexibility index (Phi) is 5.60. The molecule has 0 unspecified atom stereocenters. The number of aryl methyl sites for hydroxylation is 2. The standard InChI is InChI=1S/C20H21N3O5S/c1-13-9-14(2)23(21-13)17-6-4-5-16(12-17)22-29(26,27)19-10-15(11-20(24)25)7-8-18(19)28-3/h4-10,12,22H,11H2,1-3H3,(H,24,25). The second-order valence-electron chi connectivity index (χ2n) is 6.55. The molecule has 9 heteroatoms. The summed E-state index contributed by atoms with van der Waals surface area (Å²) < 4.78 is 35.4. The number of carboxylic acid groups (broad SMARTS) is 1. The van der Waals surface area contributed by atoms with Crippen molar-refractivity contribution in [3.05, 3.63) is 65.5 Å². The third-order valence-electron chi connectivity index (χ3n) is 4.23. The van der Waals surface area contributed by atoms with Gasteiger partial charge >= 0.3 is 5.97 Å². The molecule has 1 aromatic heterocycles. The maximum absolute atomic E-state index is 13.0. The normalized spacial score (nSPS) is 11.3. The Morgan fingerprint density at radius 2 is 1.93 bits per heavy atom. The molecule has 0 aliphatic heterocycles. The maximum Gasteiger partial charge on any atom is 0.307 e. The van der Waals surface area contributed by atoms with E-state index in [2.05, 4.69) is 9.82 Å². The van der Waals surface area contributed by atoms with E-state index in [9.17, 15) is 13.2 Å². The minimum atomic E-state index is -4.02. The molecule has 0 aliphatic carbocycles. The van der Waals surface area contributed by atoms with Gasteiger partial charge in [-0.15, -0.1) is 0 Å². The molecular formula is C20H21N3O5S. The zero-order valence-electron chi connectivity index (χ0n) is 16.2. The first-order valence-corrected chi connectivity index (χ1v) is 10.2. The molecule has 2 aromatic carbocycles. The molecule has 3 rings (SSSR count). The molecule has 1 heterocycles. The molecule has 0 saturated heterocycles. The summed E-state index contributed by atoms with van der Waals surface area (Å²) in [4.78, 5) is 10.8. The van der Waals surface area contributed by atoms with Gasteiger partial charge in [0.05, 0.1) is 30.6 Å². The number of hydrogen-bond acceptors (Lipinski definition) is 5. The van der Waals surface area contributed by atoms with Crippen molar-refractivity contribution in [2.45, 2.75) is 25.2 Å². The fourth-order valence-electron chi connectivity index (χ4n) is 3.02. The van der Waals surface area contributed by atoms with Crippen LogP contribution in [0.2, 0.25) is 0 Å². The van der Waals surface area contributed by atoms with Crippen LogP contribution in [0.5, 0.6) is 5.75 Å². The first-order valence-electron chi connectivity index (χ1n) is 8.75. The van der Waals surface area contributed by atoms with Crippen LogP contribution >= 0.6 is 0 Å². The first kappa shape index (κ1) is 20.4. The molecule has 0 atom stereocenters. The number of aromatic nitrogens is 2. The summed E-state index contributed by atoms with van der Waals surface area (Å²) in [6, 6.07) is 13.0. The molecule has 152 valence electrons. The predicted molar refractivity (Wildman–Crippen MR) is 108 cm³/mol. The Balaban J connectivity index is 1.97.